The molecule has 0 saturated carbocycles. The Morgan fingerprint density at radius 1 is 1.29 bits per heavy atom. The fourth-order valence-corrected chi connectivity index (χ4v) is 1.74. The third-order valence-electron chi connectivity index (χ3n) is 2.74. The number of nitrogens with one attached hydrogen (secondary N) is 1. The van der Waals surface area contributed by atoms with E-state index in [1.165, 1.54) is 12.4 Å². The third kappa shape index (κ3) is 3.23. The van der Waals surface area contributed by atoms with Crippen LogP contribution in [-0.4, -0.2) is 9.97 Å². The minimum atomic E-state index is -4.50. The smallest absolute Gasteiger partial charge is 0.339 e. The Morgan fingerprint density at radius 3 is 2.62 bits per heavy atom. The van der Waals surface area contributed by atoms with Crippen LogP contribution in [0.1, 0.15) is 16.7 Å². The molecular weight excluding hydrogens is 305 g/mol. The SMILES string of the molecule is Cc1c(Cl)ncnc1Nc1ccc(C(F)(F)F)cc1C#N. The molecule has 1 heterocycles. The number of aromatic nitrogens is 2. The van der Waals surface area contributed by atoms with Crippen molar-refractivity contribution in [2.45, 2.75) is 13.1 Å². The lowest BCUT2D eigenvalue weighted by molar-refractivity contribution is -0.137. The first-order valence-corrected chi connectivity index (χ1v) is 6.06. The number of hydrogen-bond acceptors (Lipinski definition) is 4. The van der Waals surface area contributed by atoms with Gasteiger partial charge in [-0.1, -0.05) is 11.6 Å². The molecule has 0 radical (unpaired) electrons. The van der Waals surface area contributed by atoms with E-state index in [-0.39, 0.29) is 16.4 Å². The second kappa shape index (κ2) is 5.58. The quantitative estimate of drug-likeness (QED) is 0.849. The van der Waals surface area contributed by atoms with E-state index in [0.717, 1.165) is 12.1 Å². The Morgan fingerprint density at radius 2 is 2.00 bits per heavy atom. The van der Waals surface area contributed by atoms with Gasteiger partial charge in [0.1, 0.15) is 23.4 Å². The summed E-state index contributed by atoms with van der Waals surface area (Å²) in [4.78, 5) is 7.71. The van der Waals surface area contributed by atoms with Gasteiger partial charge in [0, 0.05) is 5.56 Å². The van der Waals surface area contributed by atoms with Gasteiger partial charge in [-0.2, -0.15) is 18.4 Å². The van der Waals surface area contributed by atoms with Crippen LogP contribution in [0.4, 0.5) is 24.7 Å². The van der Waals surface area contributed by atoms with Gasteiger partial charge in [-0.25, -0.2) is 9.97 Å². The molecule has 21 heavy (non-hydrogen) atoms. The second-order valence-electron chi connectivity index (χ2n) is 4.13. The number of anilines is 2. The predicted molar refractivity (Wildman–Crippen MR) is 71.2 cm³/mol. The summed E-state index contributed by atoms with van der Waals surface area (Å²) in [6.45, 7) is 1.65. The zero-order valence-electron chi connectivity index (χ0n) is 10.7. The van der Waals surface area contributed by atoms with Gasteiger partial charge in [-0.05, 0) is 25.1 Å². The molecule has 0 unspecified atom stereocenters. The maximum absolute atomic E-state index is 12.6. The van der Waals surface area contributed by atoms with Gasteiger partial charge < -0.3 is 5.32 Å². The number of halogens is 4. The molecule has 0 aliphatic rings. The van der Waals surface area contributed by atoms with Crippen LogP contribution in [0.25, 0.3) is 0 Å². The molecule has 0 amide bonds. The molecule has 1 N–H and O–H groups in total. The minimum absolute atomic E-state index is 0.140. The second-order valence-corrected chi connectivity index (χ2v) is 4.49. The molecule has 0 bridgehead atoms. The lowest BCUT2D eigenvalue weighted by Crippen LogP contribution is -2.06. The number of nitrogens with zero attached hydrogens (tertiary/aromatic N) is 3. The van der Waals surface area contributed by atoms with E-state index in [2.05, 4.69) is 15.3 Å². The van der Waals surface area contributed by atoms with Crippen LogP contribution < -0.4 is 5.32 Å². The molecule has 1 aromatic heterocycles. The van der Waals surface area contributed by atoms with Crippen LogP contribution in [0.15, 0.2) is 24.5 Å². The molecule has 2 aromatic rings. The standard InChI is InChI=1S/C13H8ClF3N4/c1-7-11(14)19-6-20-12(7)21-10-3-2-9(13(15,16)17)4-8(10)5-18/h2-4,6H,1H3,(H,19,20,21). The van der Waals surface area contributed by atoms with Gasteiger partial charge in [-0.3, -0.25) is 0 Å². The topological polar surface area (TPSA) is 61.6 Å². The molecule has 0 aliphatic heterocycles. The fourth-order valence-electron chi connectivity index (χ4n) is 1.60. The largest absolute Gasteiger partial charge is 0.416 e. The Kier molecular flexibility index (Phi) is 4.00. The van der Waals surface area contributed by atoms with Crippen LogP contribution in [0.5, 0.6) is 0 Å². The van der Waals surface area contributed by atoms with E-state index >= 15 is 0 Å². The Balaban J connectivity index is 2.42. The highest BCUT2D eigenvalue weighted by Gasteiger charge is 2.31. The van der Waals surface area contributed by atoms with Gasteiger partial charge in [-0.15, -0.1) is 0 Å². The van der Waals surface area contributed by atoms with Crippen molar-refractivity contribution in [3.8, 4) is 6.07 Å². The lowest BCUT2D eigenvalue weighted by Gasteiger charge is -2.12. The zero-order chi connectivity index (χ0) is 15.6. The number of alkyl halides is 3. The molecule has 0 spiro atoms. The van der Waals surface area contributed by atoms with E-state index in [9.17, 15) is 13.2 Å². The van der Waals surface area contributed by atoms with Gasteiger partial charge in [0.25, 0.3) is 0 Å². The summed E-state index contributed by atoms with van der Waals surface area (Å²) in [7, 11) is 0. The summed E-state index contributed by atoms with van der Waals surface area (Å²) in [5.41, 5.74) is -0.285. The highest BCUT2D eigenvalue weighted by molar-refractivity contribution is 6.30. The highest BCUT2D eigenvalue weighted by atomic mass is 35.5. The van der Waals surface area contributed by atoms with Crippen LogP contribution in [0, 0.1) is 18.3 Å². The molecule has 4 nitrogen and oxygen atoms in total. The molecular formula is C13H8ClF3N4. The molecule has 8 heteroatoms. The number of nitriles is 1. The lowest BCUT2D eigenvalue weighted by atomic mass is 10.1. The van der Waals surface area contributed by atoms with Crippen molar-refractivity contribution < 1.29 is 13.2 Å². The summed E-state index contributed by atoms with van der Waals surface area (Å²) in [6.07, 6.45) is -3.29. The van der Waals surface area contributed by atoms with Crippen LogP contribution in [-0.2, 0) is 6.18 Å². The first-order valence-electron chi connectivity index (χ1n) is 5.68. The van der Waals surface area contributed by atoms with Crippen molar-refractivity contribution >= 4 is 23.1 Å². The van der Waals surface area contributed by atoms with E-state index in [1.807, 2.05) is 0 Å². The van der Waals surface area contributed by atoms with Crippen LogP contribution in [0.2, 0.25) is 5.15 Å². The zero-order valence-corrected chi connectivity index (χ0v) is 11.4. The molecule has 0 saturated heterocycles. The molecule has 2 rings (SSSR count). The van der Waals surface area contributed by atoms with Crippen molar-refractivity contribution in [2.75, 3.05) is 5.32 Å². The summed E-state index contributed by atoms with van der Waals surface area (Å²) < 4.78 is 37.8. The van der Waals surface area contributed by atoms with Gasteiger partial charge in [0.15, 0.2) is 0 Å². The van der Waals surface area contributed by atoms with E-state index in [0.29, 0.717) is 11.4 Å². The summed E-state index contributed by atoms with van der Waals surface area (Å²) in [6, 6.07) is 4.57. The maximum Gasteiger partial charge on any atom is 0.416 e. The molecule has 0 aliphatic carbocycles. The van der Waals surface area contributed by atoms with E-state index < -0.39 is 11.7 Å². The average Bonchev–Trinajstić information content (AvgIpc) is 2.43. The first kappa shape index (κ1) is 15.1. The molecule has 108 valence electrons. The van der Waals surface area contributed by atoms with Crippen molar-refractivity contribution in [2.24, 2.45) is 0 Å². The van der Waals surface area contributed by atoms with Crippen molar-refractivity contribution in [1.82, 2.24) is 9.97 Å². The van der Waals surface area contributed by atoms with Crippen molar-refractivity contribution in [3.05, 3.63) is 46.4 Å². The Hall–Kier alpha value is -2.33. The van der Waals surface area contributed by atoms with Crippen molar-refractivity contribution in [3.63, 3.8) is 0 Å². The highest BCUT2D eigenvalue weighted by Crippen LogP contribution is 2.32. The summed E-state index contributed by atoms with van der Waals surface area (Å²) >= 11 is 5.83. The minimum Gasteiger partial charge on any atom is -0.339 e. The normalized spacial score (nSPS) is 11.0. The van der Waals surface area contributed by atoms with Gasteiger partial charge in [0.2, 0.25) is 0 Å². The first-order chi connectivity index (χ1) is 9.82. The summed E-state index contributed by atoms with van der Waals surface area (Å²) in [5, 5.41) is 12.0. The van der Waals surface area contributed by atoms with Crippen LogP contribution >= 0.6 is 11.6 Å². The molecule has 0 atom stereocenters. The van der Waals surface area contributed by atoms with Gasteiger partial charge in [0.05, 0.1) is 16.8 Å². The van der Waals surface area contributed by atoms with Crippen molar-refractivity contribution in [1.29, 1.82) is 5.26 Å². The van der Waals surface area contributed by atoms with E-state index in [1.54, 1.807) is 13.0 Å². The average molecular weight is 313 g/mol. The van der Waals surface area contributed by atoms with Crippen LogP contribution in [0.3, 0.4) is 0 Å². The third-order valence-corrected chi connectivity index (χ3v) is 3.12. The summed E-state index contributed by atoms with van der Waals surface area (Å²) in [5.74, 6) is 0.325. The Labute approximate surface area is 123 Å². The number of benzene rings is 1. The van der Waals surface area contributed by atoms with Gasteiger partial charge >= 0.3 is 6.18 Å². The predicted octanol–water partition coefficient (Wildman–Crippen LogP) is 4.07. The fraction of sp³-hybridized carbons (Fsp3) is 0.154. The molecule has 1 aromatic carbocycles. The Bertz CT molecular complexity index is 722. The number of hydrogen-bond donors (Lipinski definition) is 1. The monoisotopic (exact) mass is 312 g/mol. The molecule has 0 fully saturated rings. The van der Waals surface area contributed by atoms with E-state index in [4.69, 9.17) is 16.9 Å². The maximum atomic E-state index is 12.6. The number of rotatable bonds is 2.